The fraction of sp³-hybridized carbons (Fsp3) is 0.390. The van der Waals surface area contributed by atoms with Crippen molar-refractivity contribution in [1.82, 2.24) is 0 Å². The van der Waals surface area contributed by atoms with E-state index in [-0.39, 0.29) is 16.2 Å². The minimum absolute atomic E-state index is 0.0398. The summed E-state index contributed by atoms with van der Waals surface area (Å²) >= 11 is 0. The second-order valence-corrected chi connectivity index (χ2v) is 21.0. The van der Waals surface area contributed by atoms with Crippen molar-refractivity contribution in [3.8, 4) is 57.5 Å². The number of ether oxygens (including phenoxy) is 4. The zero-order valence-electron chi connectivity index (χ0n) is 43.0. The third-order valence-electron chi connectivity index (χ3n) is 13.1. The molecule has 6 aromatic rings. The molecule has 0 saturated carbocycles. The molecule has 0 aliphatic carbocycles. The van der Waals surface area contributed by atoms with Crippen LogP contribution in [0, 0.1) is 88.5 Å². The highest BCUT2D eigenvalue weighted by Crippen LogP contribution is 2.45. The van der Waals surface area contributed by atoms with Gasteiger partial charge >= 0.3 is 0 Å². The van der Waals surface area contributed by atoms with E-state index in [1.54, 1.807) is 0 Å². The van der Waals surface area contributed by atoms with E-state index in [9.17, 15) is 10.2 Å². The van der Waals surface area contributed by atoms with E-state index in [1.807, 2.05) is 104 Å². The highest BCUT2D eigenvalue weighted by atomic mass is 16.5. The zero-order chi connectivity index (χ0) is 48.7. The van der Waals surface area contributed by atoms with E-state index in [4.69, 9.17) is 18.9 Å². The van der Waals surface area contributed by atoms with Gasteiger partial charge in [0, 0.05) is 0 Å². The summed E-state index contributed by atoms with van der Waals surface area (Å²) in [5, 5.41) is 20.1. The van der Waals surface area contributed by atoms with E-state index in [2.05, 4.69) is 107 Å². The molecule has 0 fully saturated rings. The summed E-state index contributed by atoms with van der Waals surface area (Å²) in [5.41, 5.74) is 14.7. The molecule has 0 amide bonds. The Labute approximate surface area is 390 Å². The second kappa shape index (κ2) is 18.9. The molecule has 0 heterocycles. The van der Waals surface area contributed by atoms with E-state index in [0.717, 1.165) is 113 Å². The fourth-order valence-corrected chi connectivity index (χ4v) is 8.13. The molecule has 0 saturated heterocycles. The van der Waals surface area contributed by atoms with Gasteiger partial charge < -0.3 is 29.2 Å². The summed E-state index contributed by atoms with van der Waals surface area (Å²) in [6.07, 6.45) is 0. The third kappa shape index (κ3) is 11.3. The Balaban J connectivity index is 0.000000245. The molecule has 0 spiro atoms. The Kier molecular flexibility index (Phi) is 14.6. The summed E-state index contributed by atoms with van der Waals surface area (Å²) in [5.74, 6) is 7.11. The van der Waals surface area contributed by atoms with Crippen LogP contribution in [-0.4, -0.2) is 10.2 Å². The normalized spacial score (nSPS) is 11.8. The molecule has 0 atom stereocenters. The topological polar surface area (TPSA) is 77.4 Å². The van der Waals surface area contributed by atoms with Crippen molar-refractivity contribution in [2.45, 2.75) is 149 Å². The van der Waals surface area contributed by atoms with Gasteiger partial charge in [-0.05, 0) is 226 Å². The SMILES string of the molecule is Cc1cc(Oc2c(C)cc(Oc3c(C)cc(C(C)(C)C(C)(C)C)cc3C)cc2C)cc(C)c1O.Cc1cc(Oc2c(C)cc(Oc3c(C)cc(C(C)(C)C)cc3C)cc2C)cc(C)c1O. The Morgan fingerprint density at radius 1 is 0.292 bits per heavy atom. The summed E-state index contributed by atoms with van der Waals surface area (Å²) in [6.45, 7) is 42.2. The molecule has 65 heavy (non-hydrogen) atoms. The maximum Gasteiger partial charge on any atom is 0.133 e. The number of benzene rings is 6. The van der Waals surface area contributed by atoms with Gasteiger partial charge in [0.2, 0.25) is 0 Å². The standard InChI is InChI=1S/C31H40O3.C28H34O3/c1-18-14-25(15-19(2)27(18)32)33-29-22(5)16-26(17-23(29)6)34-28-20(3)12-24(13-21(28)4)31(10,11)30(7,8)9;1-16-12-23(13-17(2)25(16)29)30-27-20(5)14-24(15-21(27)6)31-26-18(3)10-22(11-19(26)4)28(7,8)9/h12-17,32H,1-11H3;10-15,29H,1-9H3. The Morgan fingerprint density at radius 2 is 0.492 bits per heavy atom. The number of phenols is 2. The molecule has 0 aliphatic rings. The van der Waals surface area contributed by atoms with Crippen LogP contribution in [-0.2, 0) is 10.8 Å². The average molecular weight is 879 g/mol. The van der Waals surface area contributed by atoms with Crippen LogP contribution < -0.4 is 18.9 Å². The lowest BCUT2D eigenvalue weighted by Gasteiger charge is -2.40. The lowest BCUT2D eigenvalue weighted by molar-refractivity contribution is 0.225. The molecule has 0 bridgehead atoms. The van der Waals surface area contributed by atoms with E-state index >= 15 is 0 Å². The van der Waals surface area contributed by atoms with Crippen LogP contribution in [0.3, 0.4) is 0 Å². The predicted molar refractivity (Wildman–Crippen MR) is 270 cm³/mol. The van der Waals surface area contributed by atoms with E-state index in [1.165, 1.54) is 11.1 Å². The minimum Gasteiger partial charge on any atom is -0.507 e. The third-order valence-corrected chi connectivity index (χ3v) is 13.1. The summed E-state index contributed by atoms with van der Waals surface area (Å²) in [6, 6.07) is 24.5. The van der Waals surface area contributed by atoms with Crippen molar-refractivity contribution in [2.24, 2.45) is 5.41 Å². The molecule has 6 rings (SSSR count). The van der Waals surface area contributed by atoms with Crippen molar-refractivity contribution in [1.29, 1.82) is 0 Å². The van der Waals surface area contributed by atoms with Crippen LogP contribution in [0.1, 0.15) is 133 Å². The molecule has 6 nitrogen and oxygen atoms in total. The molecular formula is C59H74O6. The van der Waals surface area contributed by atoms with Crippen LogP contribution in [0.5, 0.6) is 57.5 Å². The van der Waals surface area contributed by atoms with Gasteiger partial charge in [0.15, 0.2) is 0 Å². The van der Waals surface area contributed by atoms with Crippen LogP contribution in [0.25, 0.3) is 0 Å². The van der Waals surface area contributed by atoms with Crippen LogP contribution in [0.4, 0.5) is 0 Å². The molecule has 2 N–H and O–H groups in total. The summed E-state index contributed by atoms with van der Waals surface area (Å²) in [7, 11) is 0. The van der Waals surface area contributed by atoms with Gasteiger partial charge in [-0.2, -0.15) is 0 Å². The summed E-state index contributed by atoms with van der Waals surface area (Å²) < 4.78 is 25.2. The van der Waals surface area contributed by atoms with Crippen LogP contribution >= 0.6 is 0 Å². The number of aromatic hydroxyl groups is 2. The number of hydrogen-bond donors (Lipinski definition) is 2. The van der Waals surface area contributed by atoms with Crippen molar-refractivity contribution in [3.63, 3.8) is 0 Å². The average Bonchev–Trinajstić information content (AvgIpc) is 3.17. The van der Waals surface area contributed by atoms with Gasteiger partial charge in [-0.3, -0.25) is 0 Å². The number of rotatable bonds is 9. The van der Waals surface area contributed by atoms with Gasteiger partial charge in [-0.1, -0.05) is 79.7 Å². The molecular weight excluding hydrogens is 805 g/mol. The maximum absolute atomic E-state index is 10.1. The lowest BCUT2D eigenvalue weighted by Crippen LogP contribution is -2.34. The Hall–Kier alpha value is -5.88. The lowest BCUT2D eigenvalue weighted by atomic mass is 9.65. The van der Waals surface area contributed by atoms with Gasteiger partial charge in [-0.15, -0.1) is 0 Å². The first kappa shape index (κ1) is 50.1. The van der Waals surface area contributed by atoms with Crippen LogP contribution in [0.2, 0.25) is 0 Å². The van der Waals surface area contributed by atoms with Crippen molar-refractivity contribution in [2.75, 3.05) is 0 Å². The Morgan fingerprint density at radius 3 is 0.708 bits per heavy atom. The van der Waals surface area contributed by atoms with Crippen LogP contribution in [0.15, 0.2) is 72.8 Å². The zero-order valence-corrected chi connectivity index (χ0v) is 43.0. The molecule has 0 aliphatic heterocycles. The number of aryl methyl sites for hydroxylation is 12. The fourth-order valence-electron chi connectivity index (χ4n) is 8.13. The van der Waals surface area contributed by atoms with E-state index in [0.29, 0.717) is 11.5 Å². The smallest absolute Gasteiger partial charge is 0.133 e. The monoisotopic (exact) mass is 879 g/mol. The van der Waals surface area contributed by atoms with Gasteiger partial charge in [0.05, 0.1) is 0 Å². The highest BCUT2D eigenvalue weighted by molar-refractivity contribution is 5.55. The van der Waals surface area contributed by atoms with Gasteiger partial charge in [0.25, 0.3) is 0 Å². The second-order valence-electron chi connectivity index (χ2n) is 21.0. The van der Waals surface area contributed by atoms with Crippen molar-refractivity contribution in [3.05, 3.63) is 151 Å². The first-order chi connectivity index (χ1) is 30.0. The van der Waals surface area contributed by atoms with E-state index < -0.39 is 0 Å². The number of hydrogen-bond acceptors (Lipinski definition) is 6. The minimum atomic E-state index is 0.0398. The molecule has 0 aromatic heterocycles. The number of phenolic OH excluding ortho intramolecular Hbond substituents is 2. The highest BCUT2D eigenvalue weighted by Gasteiger charge is 2.35. The molecule has 6 aromatic carbocycles. The van der Waals surface area contributed by atoms with Crippen molar-refractivity contribution >= 4 is 0 Å². The maximum atomic E-state index is 10.1. The first-order valence-corrected chi connectivity index (χ1v) is 22.8. The Bertz CT molecular complexity index is 2600. The first-order valence-electron chi connectivity index (χ1n) is 22.8. The van der Waals surface area contributed by atoms with Gasteiger partial charge in [-0.25, -0.2) is 0 Å². The summed E-state index contributed by atoms with van der Waals surface area (Å²) in [4.78, 5) is 0. The molecule has 0 radical (unpaired) electrons. The molecule has 346 valence electrons. The van der Waals surface area contributed by atoms with Gasteiger partial charge in [0.1, 0.15) is 57.5 Å². The quantitative estimate of drug-likeness (QED) is 0.151. The molecule has 6 heteroatoms. The molecule has 0 unspecified atom stereocenters. The van der Waals surface area contributed by atoms with Crippen molar-refractivity contribution < 1.29 is 29.2 Å². The largest absolute Gasteiger partial charge is 0.507 e. The predicted octanol–water partition coefficient (Wildman–Crippen LogP) is 17.3.